The highest BCUT2D eigenvalue weighted by Crippen LogP contribution is 2.27. The molecule has 4 rings (SSSR count). The Hall–Kier alpha value is -2.91. The molecule has 0 atom stereocenters. The molecule has 1 aliphatic carbocycles. The molecule has 0 saturated heterocycles. The minimum absolute atomic E-state index is 0.0303. The number of ether oxygens (including phenoxy) is 1. The van der Waals surface area contributed by atoms with E-state index in [1.807, 2.05) is 35.0 Å². The van der Waals surface area contributed by atoms with E-state index in [0.717, 1.165) is 31.3 Å². The minimum Gasteiger partial charge on any atom is -0.495 e. The SMILES string of the molecule is COc1ccc(C(=O)NCc2cn3ccccc3n2)cc1S(=O)(=O)NC1CCCC1. The Kier molecular flexibility index (Phi) is 5.74. The second-order valence-electron chi connectivity index (χ2n) is 7.35. The molecule has 158 valence electrons. The Morgan fingerprint density at radius 3 is 2.77 bits per heavy atom. The number of aromatic nitrogens is 2. The van der Waals surface area contributed by atoms with E-state index in [2.05, 4.69) is 15.0 Å². The molecule has 0 radical (unpaired) electrons. The fourth-order valence-corrected chi connectivity index (χ4v) is 5.20. The zero-order valence-corrected chi connectivity index (χ0v) is 17.5. The number of fused-ring (bicyclic) bond motifs is 1. The number of pyridine rings is 1. The predicted molar refractivity (Wildman–Crippen MR) is 112 cm³/mol. The number of rotatable bonds is 7. The number of amides is 1. The summed E-state index contributed by atoms with van der Waals surface area (Å²) < 4.78 is 35.6. The lowest BCUT2D eigenvalue weighted by molar-refractivity contribution is 0.0950. The number of nitrogens with one attached hydrogen (secondary N) is 2. The van der Waals surface area contributed by atoms with Crippen molar-refractivity contribution in [3.63, 3.8) is 0 Å². The predicted octanol–water partition coefficient (Wildman–Crippen LogP) is 2.49. The highest BCUT2D eigenvalue weighted by Gasteiger charge is 2.26. The molecule has 3 aromatic rings. The molecule has 2 heterocycles. The molecule has 0 aliphatic heterocycles. The van der Waals surface area contributed by atoms with Gasteiger partial charge in [-0.05, 0) is 43.2 Å². The summed E-state index contributed by atoms with van der Waals surface area (Å²) in [4.78, 5) is 17.1. The lowest BCUT2D eigenvalue weighted by Gasteiger charge is -2.15. The van der Waals surface area contributed by atoms with E-state index < -0.39 is 10.0 Å². The van der Waals surface area contributed by atoms with Crippen LogP contribution in [0.5, 0.6) is 5.75 Å². The maximum Gasteiger partial charge on any atom is 0.251 e. The lowest BCUT2D eigenvalue weighted by Crippen LogP contribution is -2.33. The molecule has 8 nitrogen and oxygen atoms in total. The van der Waals surface area contributed by atoms with Crippen LogP contribution in [0.2, 0.25) is 0 Å². The van der Waals surface area contributed by atoms with E-state index in [1.165, 1.54) is 19.2 Å². The summed E-state index contributed by atoms with van der Waals surface area (Å²) in [5, 5.41) is 2.79. The van der Waals surface area contributed by atoms with Gasteiger partial charge in [-0.25, -0.2) is 18.1 Å². The van der Waals surface area contributed by atoms with Crippen LogP contribution in [0.15, 0.2) is 53.7 Å². The van der Waals surface area contributed by atoms with Gasteiger partial charge in [0.25, 0.3) is 5.91 Å². The Balaban J connectivity index is 1.51. The lowest BCUT2D eigenvalue weighted by atomic mass is 10.2. The highest BCUT2D eigenvalue weighted by molar-refractivity contribution is 7.89. The third-order valence-electron chi connectivity index (χ3n) is 5.24. The molecule has 0 bridgehead atoms. The van der Waals surface area contributed by atoms with E-state index in [9.17, 15) is 13.2 Å². The van der Waals surface area contributed by atoms with Crippen molar-refractivity contribution >= 4 is 21.6 Å². The van der Waals surface area contributed by atoms with Gasteiger partial charge >= 0.3 is 0 Å². The Labute approximate surface area is 175 Å². The van der Waals surface area contributed by atoms with Crippen molar-refractivity contribution in [1.29, 1.82) is 0 Å². The zero-order valence-electron chi connectivity index (χ0n) is 16.7. The number of benzene rings is 1. The molecular formula is C21H24N4O4S. The topological polar surface area (TPSA) is 102 Å². The smallest absolute Gasteiger partial charge is 0.251 e. The van der Waals surface area contributed by atoms with Gasteiger partial charge in [0, 0.05) is 24.0 Å². The second kappa shape index (κ2) is 8.45. The average Bonchev–Trinajstić information content (AvgIpc) is 3.40. The van der Waals surface area contributed by atoms with Crippen LogP contribution in [-0.2, 0) is 16.6 Å². The molecule has 1 amide bonds. The summed E-state index contributed by atoms with van der Waals surface area (Å²) >= 11 is 0. The van der Waals surface area contributed by atoms with Crippen molar-refractivity contribution in [3.05, 3.63) is 60.0 Å². The zero-order chi connectivity index (χ0) is 21.1. The molecule has 2 aromatic heterocycles. The van der Waals surface area contributed by atoms with Gasteiger partial charge in [0.05, 0.1) is 19.3 Å². The van der Waals surface area contributed by atoms with Crippen molar-refractivity contribution in [2.75, 3.05) is 7.11 Å². The average molecular weight is 429 g/mol. The normalized spacial score (nSPS) is 14.8. The van der Waals surface area contributed by atoms with E-state index in [4.69, 9.17) is 4.74 Å². The first-order chi connectivity index (χ1) is 14.5. The number of carbonyl (C=O) groups is 1. The highest BCUT2D eigenvalue weighted by atomic mass is 32.2. The van der Waals surface area contributed by atoms with Crippen LogP contribution in [0.25, 0.3) is 5.65 Å². The van der Waals surface area contributed by atoms with E-state index >= 15 is 0 Å². The molecule has 2 N–H and O–H groups in total. The molecule has 0 unspecified atom stereocenters. The van der Waals surface area contributed by atoms with Crippen LogP contribution in [0, 0.1) is 0 Å². The minimum atomic E-state index is -3.80. The van der Waals surface area contributed by atoms with Gasteiger partial charge in [-0.2, -0.15) is 0 Å². The quantitative estimate of drug-likeness (QED) is 0.602. The van der Waals surface area contributed by atoms with Crippen LogP contribution in [0.3, 0.4) is 0 Å². The molecule has 1 saturated carbocycles. The van der Waals surface area contributed by atoms with Gasteiger partial charge in [0.2, 0.25) is 10.0 Å². The largest absolute Gasteiger partial charge is 0.495 e. The molecule has 1 aromatic carbocycles. The molecular weight excluding hydrogens is 404 g/mol. The van der Waals surface area contributed by atoms with Gasteiger partial charge in [-0.1, -0.05) is 18.9 Å². The van der Waals surface area contributed by atoms with E-state index in [0.29, 0.717) is 5.69 Å². The summed E-state index contributed by atoms with van der Waals surface area (Å²) in [6, 6.07) is 10.0. The van der Waals surface area contributed by atoms with E-state index in [-0.39, 0.29) is 34.7 Å². The summed E-state index contributed by atoms with van der Waals surface area (Å²) in [6.07, 6.45) is 7.38. The van der Waals surface area contributed by atoms with Gasteiger partial charge in [-0.15, -0.1) is 0 Å². The number of methoxy groups -OCH3 is 1. The molecule has 1 fully saturated rings. The fourth-order valence-electron chi connectivity index (χ4n) is 3.70. The number of nitrogens with zero attached hydrogens (tertiary/aromatic N) is 2. The van der Waals surface area contributed by atoms with Gasteiger partial charge in [-0.3, -0.25) is 4.79 Å². The second-order valence-corrected chi connectivity index (χ2v) is 9.03. The number of hydrogen-bond donors (Lipinski definition) is 2. The van der Waals surface area contributed by atoms with Crippen molar-refractivity contribution in [3.8, 4) is 5.75 Å². The monoisotopic (exact) mass is 428 g/mol. The van der Waals surface area contributed by atoms with Gasteiger partial charge in [0.15, 0.2) is 0 Å². The Bertz CT molecular complexity index is 1130. The van der Waals surface area contributed by atoms with Crippen molar-refractivity contribution < 1.29 is 17.9 Å². The van der Waals surface area contributed by atoms with E-state index in [1.54, 1.807) is 6.07 Å². The van der Waals surface area contributed by atoms with Crippen molar-refractivity contribution in [2.45, 2.75) is 43.2 Å². The van der Waals surface area contributed by atoms with Crippen LogP contribution >= 0.6 is 0 Å². The number of hydrogen-bond acceptors (Lipinski definition) is 5. The van der Waals surface area contributed by atoms with Crippen molar-refractivity contribution in [1.82, 2.24) is 19.4 Å². The van der Waals surface area contributed by atoms with Crippen LogP contribution in [0.1, 0.15) is 41.7 Å². The first kappa shape index (κ1) is 20.4. The van der Waals surface area contributed by atoms with Gasteiger partial charge < -0.3 is 14.5 Å². The summed E-state index contributed by atoms with van der Waals surface area (Å²) in [5.74, 6) is -0.176. The van der Waals surface area contributed by atoms with Crippen molar-refractivity contribution in [2.24, 2.45) is 0 Å². The number of imidazole rings is 1. The molecule has 30 heavy (non-hydrogen) atoms. The Morgan fingerprint density at radius 2 is 2.03 bits per heavy atom. The molecule has 0 spiro atoms. The van der Waals surface area contributed by atoms with Gasteiger partial charge in [0.1, 0.15) is 16.3 Å². The first-order valence-corrected chi connectivity index (χ1v) is 11.4. The number of carbonyl (C=O) groups excluding carboxylic acids is 1. The van der Waals surface area contributed by atoms with Crippen LogP contribution in [0.4, 0.5) is 0 Å². The molecule has 1 aliphatic rings. The number of sulfonamides is 1. The Morgan fingerprint density at radius 1 is 1.23 bits per heavy atom. The third kappa shape index (κ3) is 4.31. The third-order valence-corrected chi connectivity index (χ3v) is 6.78. The maximum atomic E-state index is 12.9. The van der Waals surface area contributed by atoms with Crippen LogP contribution < -0.4 is 14.8 Å². The maximum absolute atomic E-state index is 12.9. The standard InChI is InChI=1S/C21H24N4O4S/c1-29-18-10-9-15(12-19(18)30(27,28)24-16-6-2-3-7-16)21(26)22-13-17-14-25-11-5-4-8-20(25)23-17/h4-5,8-12,14,16,24H,2-3,6-7,13H2,1H3,(H,22,26). The molecule has 9 heteroatoms. The summed E-state index contributed by atoms with van der Waals surface area (Å²) in [6.45, 7) is 0.231. The fraction of sp³-hybridized carbons (Fsp3) is 0.333. The van der Waals surface area contributed by atoms with Crippen LogP contribution in [-0.4, -0.2) is 36.9 Å². The summed E-state index contributed by atoms with van der Waals surface area (Å²) in [7, 11) is -2.39. The summed E-state index contributed by atoms with van der Waals surface area (Å²) in [5.41, 5.74) is 1.74. The first-order valence-electron chi connectivity index (χ1n) is 9.87.